The molecule has 0 saturated carbocycles. The molecule has 1 aliphatic carbocycles. The summed E-state index contributed by atoms with van der Waals surface area (Å²) in [6, 6.07) is 17.7. The average molecular weight is 462 g/mol. The lowest BCUT2D eigenvalue weighted by atomic mass is 9.62. The van der Waals surface area contributed by atoms with Crippen LogP contribution in [0.5, 0.6) is 0 Å². The molecule has 0 bridgehead atoms. The third kappa shape index (κ3) is 3.19. The Labute approximate surface area is 208 Å². The van der Waals surface area contributed by atoms with Gasteiger partial charge in [0.05, 0.1) is 0 Å². The quantitative estimate of drug-likeness (QED) is 0.261. The van der Waals surface area contributed by atoms with Gasteiger partial charge in [0.2, 0.25) is 0 Å². The predicted molar refractivity (Wildman–Crippen MR) is 149 cm³/mol. The van der Waals surface area contributed by atoms with Crippen molar-refractivity contribution in [2.24, 2.45) is 0 Å². The number of hydrogen-bond acceptors (Lipinski definition) is 2. The van der Waals surface area contributed by atoms with E-state index in [2.05, 4.69) is 97.0 Å². The molecule has 0 atom stereocenters. The fourth-order valence-corrected chi connectivity index (χ4v) is 6.58. The fraction of sp³-hybridized carbons (Fsp3) is 0.364. The van der Waals surface area contributed by atoms with Gasteiger partial charge in [-0.1, -0.05) is 77.9 Å². The number of fused-ring (bicyclic) bond motifs is 5. The number of benzene rings is 3. The van der Waals surface area contributed by atoms with Crippen molar-refractivity contribution in [1.82, 2.24) is 4.98 Å². The normalized spacial score (nSPS) is 16.9. The van der Waals surface area contributed by atoms with Crippen LogP contribution in [0, 0.1) is 6.92 Å². The Balaban J connectivity index is 1.69. The van der Waals surface area contributed by atoms with Gasteiger partial charge in [-0.05, 0) is 81.7 Å². The van der Waals surface area contributed by atoms with E-state index in [1.54, 1.807) is 0 Å². The second-order valence-corrected chi connectivity index (χ2v) is 12.1. The molecule has 0 N–H and O–H groups in total. The maximum atomic E-state index is 6.71. The molecule has 3 aromatic carbocycles. The molecule has 2 heterocycles. The van der Waals surface area contributed by atoms with E-state index in [1.807, 2.05) is 6.20 Å². The number of hydrogen-bond donors (Lipinski definition) is 0. The Hall–Kier alpha value is -3.13. The Morgan fingerprint density at radius 3 is 2.31 bits per heavy atom. The average Bonchev–Trinajstić information content (AvgIpc) is 3.20. The molecule has 0 aliphatic heterocycles. The largest absolute Gasteiger partial charge is 0.454 e. The van der Waals surface area contributed by atoms with Gasteiger partial charge in [0.15, 0.2) is 5.58 Å². The lowest BCUT2D eigenvalue weighted by Crippen LogP contribution is -2.34. The minimum Gasteiger partial charge on any atom is -0.454 e. The van der Waals surface area contributed by atoms with Crippen molar-refractivity contribution in [3.05, 3.63) is 77.0 Å². The van der Waals surface area contributed by atoms with E-state index in [0.29, 0.717) is 5.92 Å². The molecule has 0 amide bonds. The van der Waals surface area contributed by atoms with Crippen LogP contribution in [0.4, 0.5) is 0 Å². The highest BCUT2D eigenvalue weighted by Crippen LogP contribution is 2.50. The number of rotatable bonds is 2. The Morgan fingerprint density at radius 2 is 1.57 bits per heavy atom. The van der Waals surface area contributed by atoms with Gasteiger partial charge in [0.1, 0.15) is 11.3 Å². The van der Waals surface area contributed by atoms with E-state index in [4.69, 9.17) is 9.40 Å². The molecule has 0 fully saturated rings. The number of aryl methyl sites for hydroxylation is 1. The van der Waals surface area contributed by atoms with Crippen molar-refractivity contribution in [1.29, 1.82) is 0 Å². The first-order valence-electron chi connectivity index (χ1n) is 13.0. The summed E-state index contributed by atoms with van der Waals surface area (Å²) in [4.78, 5) is 4.89. The van der Waals surface area contributed by atoms with E-state index in [0.717, 1.165) is 22.4 Å². The van der Waals surface area contributed by atoms with E-state index in [1.165, 1.54) is 56.6 Å². The van der Waals surface area contributed by atoms with E-state index >= 15 is 0 Å². The van der Waals surface area contributed by atoms with Gasteiger partial charge in [0, 0.05) is 22.5 Å². The summed E-state index contributed by atoms with van der Waals surface area (Å²) in [5.74, 6) is 0.463. The van der Waals surface area contributed by atoms with E-state index in [9.17, 15) is 0 Å². The van der Waals surface area contributed by atoms with Crippen molar-refractivity contribution >= 4 is 32.7 Å². The summed E-state index contributed by atoms with van der Waals surface area (Å²) in [6.07, 6.45) is 4.35. The smallest absolute Gasteiger partial charge is 0.161 e. The first-order valence-corrected chi connectivity index (χ1v) is 13.0. The standard InChI is InChI=1S/C33H35NO/c1-19(2)21-12-13-24(23-11-9-8-10-22(21)23)30-31-25(14-17-34-30)28-20(3)29-26(18-27(28)35-31)32(4,5)15-16-33(29,6)7/h8-14,17-19H,15-16H2,1-7H3. The molecule has 2 heteroatoms. The molecule has 5 aromatic rings. The van der Waals surface area contributed by atoms with Crippen molar-refractivity contribution in [3.63, 3.8) is 0 Å². The zero-order valence-corrected chi connectivity index (χ0v) is 22.0. The van der Waals surface area contributed by atoms with Gasteiger partial charge in [-0.25, -0.2) is 0 Å². The molecule has 1 aliphatic rings. The number of pyridine rings is 1. The summed E-state index contributed by atoms with van der Waals surface area (Å²) < 4.78 is 6.71. The van der Waals surface area contributed by atoms with Crippen LogP contribution in [0.15, 0.2) is 59.1 Å². The number of furan rings is 1. The Bertz CT molecular complexity index is 1630. The molecule has 0 unspecified atom stereocenters. The minimum absolute atomic E-state index is 0.146. The molecule has 0 radical (unpaired) electrons. The van der Waals surface area contributed by atoms with Crippen LogP contribution in [0.3, 0.4) is 0 Å². The SMILES string of the molecule is Cc1c2c(cc3oc4c(-c5ccc(C(C)C)c6ccccc56)nccc4c13)C(C)(C)CCC2(C)C. The van der Waals surface area contributed by atoms with Crippen LogP contribution in [-0.2, 0) is 10.8 Å². The van der Waals surface area contributed by atoms with Crippen LogP contribution in [0.2, 0.25) is 0 Å². The molecular weight excluding hydrogens is 426 g/mol. The van der Waals surface area contributed by atoms with E-state index in [-0.39, 0.29) is 10.8 Å². The summed E-state index contributed by atoms with van der Waals surface area (Å²) in [5, 5.41) is 4.94. The van der Waals surface area contributed by atoms with Crippen LogP contribution >= 0.6 is 0 Å². The number of nitrogens with zero attached hydrogens (tertiary/aromatic N) is 1. The first kappa shape index (κ1) is 22.3. The maximum Gasteiger partial charge on any atom is 0.161 e. The Kier molecular flexibility index (Phi) is 4.75. The van der Waals surface area contributed by atoms with E-state index < -0.39 is 0 Å². The highest BCUT2D eigenvalue weighted by atomic mass is 16.3. The summed E-state index contributed by atoms with van der Waals surface area (Å²) >= 11 is 0. The minimum atomic E-state index is 0.146. The molecule has 2 aromatic heterocycles. The van der Waals surface area contributed by atoms with Crippen molar-refractivity contribution in [2.75, 3.05) is 0 Å². The summed E-state index contributed by atoms with van der Waals surface area (Å²) in [5.41, 5.74) is 9.94. The monoisotopic (exact) mass is 461 g/mol. The Morgan fingerprint density at radius 1 is 0.857 bits per heavy atom. The van der Waals surface area contributed by atoms with Crippen LogP contribution in [0.1, 0.15) is 82.6 Å². The molecular formula is C33H35NO. The van der Waals surface area contributed by atoms with Gasteiger partial charge in [-0.15, -0.1) is 0 Å². The lowest BCUT2D eigenvalue weighted by Gasteiger charge is -2.42. The van der Waals surface area contributed by atoms with Crippen molar-refractivity contribution in [3.8, 4) is 11.3 Å². The third-order valence-electron chi connectivity index (χ3n) is 8.54. The molecule has 35 heavy (non-hydrogen) atoms. The van der Waals surface area contributed by atoms with Crippen molar-refractivity contribution < 1.29 is 4.42 Å². The van der Waals surface area contributed by atoms with Gasteiger partial charge in [-0.3, -0.25) is 4.98 Å². The van der Waals surface area contributed by atoms with Crippen molar-refractivity contribution in [2.45, 2.75) is 78.1 Å². The van der Waals surface area contributed by atoms with Crippen LogP contribution in [-0.4, -0.2) is 4.98 Å². The molecule has 0 saturated heterocycles. The highest BCUT2D eigenvalue weighted by Gasteiger charge is 2.39. The van der Waals surface area contributed by atoms with Gasteiger partial charge in [-0.2, -0.15) is 0 Å². The highest BCUT2D eigenvalue weighted by molar-refractivity contribution is 6.13. The van der Waals surface area contributed by atoms with Gasteiger partial charge < -0.3 is 4.42 Å². The summed E-state index contributed by atoms with van der Waals surface area (Å²) in [7, 11) is 0. The molecule has 6 rings (SSSR count). The fourth-order valence-electron chi connectivity index (χ4n) is 6.58. The number of aromatic nitrogens is 1. The second-order valence-electron chi connectivity index (χ2n) is 12.1. The van der Waals surface area contributed by atoms with Gasteiger partial charge in [0.25, 0.3) is 0 Å². The van der Waals surface area contributed by atoms with Crippen LogP contribution < -0.4 is 0 Å². The lowest BCUT2D eigenvalue weighted by molar-refractivity contribution is 0.331. The summed E-state index contributed by atoms with van der Waals surface area (Å²) in [6.45, 7) is 16.4. The zero-order chi connectivity index (χ0) is 24.7. The molecule has 2 nitrogen and oxygen atoms in total. The third-order valence-corrected chi connectivity index (χ3v) is 8.54. The maximum absolute atomic E-state index is 6.71. The zero-order valence-electron chi connectivity index (χ0n) is 22.0. The van der Waals surface area contributed by atoms with Crippen LogP contribution in [0.25, 0.3) is 44.0 Å². The second kappa shape index (κ2) is 7.43. The van der Waals surface area contributed by atoms with Gasteiger partial charge >= 0.3 is 0 Å². The predicted octanol–water partition coefficient (Wildman–Crippen LogP) is 9.58. The molecule has 0 spiro atoms. The first-order chi connectivity index (χ1) is 16.6. The molecule has 178 valence electrons. The topological polar surface area (TPSA) is 26.0 Å².